The molecule has 0 saturated heterocycles. The molecule has 1 atom stereocenters. The minimum atomic E-state index is 0.107. The highest BCUT2D eigenvalue weighted by Crippen LogP contribution is 2.28. The van der Waals surface area contributed by atoms with Crippen LogP contribution >= 0.6 is 0 Å². The number of nitrogens with one attached hydrogen (secondary N) is 1. The monoisotopic (exact) mass is 256 g/mol. The molecular formula is C14H16N4O. The van der Waals surface area contributed by atoms with E-state index in [1.165, 1.54) is 0 Å². The molecule has 0 bridgehead atoms. The maximum Gasteiger partial charge on any atom is 0.143 e. The van der Waals surface area contributed by atoms with Crippen molar-refractivity contribution in [2.24, 2.45) is 7.05 Å². The van der Waals surface area contributed by atoms with Gasteiger partial charge in [0.25, 0.3) is 0 Å². The first kappa shape index (κ1) is 13.0. The van der Waals surface area contributed by atoms with Crippen LogP contribution in [0.1, 0.15) is 24.1 Å². The summed E-state index contributed by atoms with van der Waals surface area (Å²) in [6, 6.07) is 7.54. The number of ether oxygens (including phenoxy) is 1. The van der Waals surface area contributed by atoms with Crippen molar-refractivity contribution in [1.82, 2.24) is 9.78 Å². The van der Waals surface area contributed by atoms with Gasteiger partial charge in [0.2, 0.25) is 0 Å². The number of methoxy groups -OCH3 is 1. The first-order chi connectivity index (χ1) is 9.13. The maximum absolute atomic E-state index is 8.87. The number of nitriles is 1. The second-order valence-corrected chi connectivity index (χ2v) is 4.34. The van der Waals surface area contributed by atoms with Crippen molar-refractivity contribution in [2.45, 2.75) is 13.0 Å². The van der Waals surface area contributed by atoms with E-state index in [-0.39, 0.29) is 6.04 Å². The van der Waals surface area contributed by atoms with Crippen LogP contribution in [-0.2, 0) is 7.05 Å². The molecule has 1 heterocycles. The first-order valence-electron chi connectivity index (χ1n) is 5.97. The van der Waals surface area contributed by atoms with E-state index < -0.39 is 0 Å². The number of rotatable bonds is 4. The van der Waals surface area contributed by atoms with Crippen LogP contribution in [0.3, 0.4) is 0 Å². The summed E-state index contributed by atoms with van der Waals surface area (Å²) in [6.07, 6.45) is 3.79. The Hall–Kier alpha value is -2.48. The molecule has 5 heteroatoms. The van der Waals surface area contributed by atoms with Crippen LogP contribution in [0, 0.1) is 11.3 Å². The average Bonchev–Trinajstić information content (AvgIpc) is 2.86. The van der Waals surface area contributed by atoms with Gasteiger partial charge in [-0.05, 0) is 19.1 Å². The predicted octanol–water partition coefficient (Wildman–Crippen LogP) is 2.47. The van der Waals surface area contributed by atoms with Crippen LogP contribution < -0.4 is 10.1 Å². The fourth-order valence-electron chi connectivity index (χ4n) is 1.86. The Morgan fingerprint density at radius 3 is 2.84 bits per heavy atom. The third-order valence-electron chi connectivity index (χ3n) is 2.93. The molecule has 1 N–H and O–H groups in total. The van der Waals surface area contributed by atoms with Crippen molar-refractivity contribution in [2.75, 3.05) is 12.4 Å². The molecule has 2 rings (SSSR count). The van der Waals surface area contributed by atoms with Crippen molar-refractivity contribution < 1.29 is 4.74 Å². The van der Waals surface area contributed by atoms with E-state index in [9.17, 15) is 0 Å². The Balaban J connectivity index is 2.21. The van der Waals surface area contributed by atoms with E-state index in [1.807, 2.05) is 25.5 Å². The van der Waals surface area contributed by atoms with Gasteiger partial charge in [-0.25, -0.2) is 0 Å². The van der Waals surface area contributed by atoms with Gasteiger partial charge in [-0.1, -0.05) is 0 Å². The van der Waals surface area contributed by atoms with Gasteiger partial charge in [0.05, 0.1) is 36.7 Å². The molecule has 0 fully saturated rings. The van der Waals surface area contributed by atoms with Gasteiger partial charge in [0.1, 0.15) is 5.75 Å². The lowest BCUT2D eigenvalue weighted by Crippen LogP contribution is -2.07. The second-order valence-electron chi connectivity index (χ2n) is 4.34. The normalized spacial score (nSPS) is 11.7. The second kappa shape index (κ2) is 5.44. The Morgan fingerprint density at radius 1 is 1.47 bits per heavy atom. The molecule has 0 spiro atoms. The number of hydrogen-bond donors (Lipinski definition) is 1. The molecule has 5 nitrogen and oxygen atoms in total. The van der Waals surface area contributed by atoms with E-state index in [4.69, 9.17) is 10.00 Å². The molecule has 98 valence electrons. The van der Waals surface area contributed by atoms with Gasteiger partial charge in [0.15, 0.2) is 0 Å². The van der Waals surface area contributed by atoms with Gasteiger partial charge < -0.3 is 10.1 Å². The lowest BCUT2D eigenvalue weighted by Gasteiger charge is -2.16. The highest BCUT2D eigenvalue weighted by atomic mass is 16.5. The smallest absolute Gasteiger partial charge is 0.143 e. The van der Waals surface area contributed by atoms with Crippen molar-refractivity contribution in [3.8, 4) is 11.8 Å². The highest BCUT2D eigenvalue weighted by molar-refractivity contribution is 5.60. The molecule has 0 aliphatic rings. The SMILES string of the molecule is COc1cc(C#N)ccc1NC(C)c1cnn(C)c1. The molecule has 2 aromatic rings. The Kier molecular flexibility index (Phi) is 3.71. The third kappa shape index (κ3) is 2.86. The van der Waals surface area contributed by atoms with Gasteiger partial charge in [-0.3, -0.25) is 4.68 Å². The zero-order valence-electron chi connectivity index (χ0n) is 11.2. The summed E-state index contributed by atoms with van der Waals surface area (Å²) in [5.74, 6) is 0.662. The summed E-state index contributed by atoms with van der Waals surface area (Å²) in [4.78, 5) is 0. The van der Waals surface area contributed by atoms with Crippen LogP contribution in [0.25, 0.3) is 0 Å². The molecule has 1 unspecified atom stereocenters. The summed E-state index contributed by atoms with van der Waals surface area (Å²) in [7, 11) is 3.48. The molecule has 0 amide bonds. The fourth-order valence-corrected chi connectivity index (χ4v) is 1.86. The number of benzene rings is 1. The van der Waals surface area contributed by atoms with E-state index in [2.05, 4.69) is 23.4 Å². The van der Waals surface area contributed by atoms with E-state index in [0.29, 0.717) is 11.3 Å². The lowest BCUT2D eigenvalue weighted by molar-refractivity contribution is 0.416. The van der Waals surface area contributed by atoms with E-state index in [0.717, 1.165) is 11.3 Å². The lowest BCUT2D eigenvalue weighted by atomic mass is 10.1. The third-order valence-corrected chi connectivity index (χ3v) is 2.93. The van der Waals surface area contributed by atoms with Crippen molar-refractivity contribution in [1.29, 1.82) is 5.26 Å². The maximum atomic E-state index is 8.87. The van der Waals surface area contributed by atoms with Crippen molar-refractivity contribution in [3.63, 3.8) is 0 Å². The largest absolute Gasteiger partial charge is 0.495 e. The number of nitrogens with zero attached hydrogens (tertiary/aromatic N) is 3. The summed E-state index contributed by atoms with van der Waals surface area (Å²) in [6.45, 7) is 2.05. The number of aromatic nitrogens is 2. The van der Waals surface area contributed by atoms with Gasteiger partial charge in [0, 0.05) is 24.9 Å². The fraction of sp³-hybridized carbons (Fsp3) is 0.286. The Labute approximate surface area is 112 Å². The van der Waals surface area contributed by atoms with Crippen LogP contribution in [0.15, 0.2) is 30.6 Å². The Morgan fingerprint density at radius 2 is 2.26 bits per heavy atom. The molecular weight excluding hydrogens is 240 g/mol. The van der Waals surface area contributed by atoms with Gasteiger partial charge in [-0.15, -0.1) is 0 Å². The van der Waals surface area contributed by atoms with E-state index >= 15 is 0 Å². The number of aryl methyl sites for hydroxylation is 1. The van der Waals surface area contributed by atoms with Gasteiger partial charge in [-0.2, -0.15) is 10.4 Å². The quantitative estimate of drug-likeness (QED) is 0.912. The molecule has 0 saturated carbocycles. The zero-order chi connectivity index (χ0) is 13.8. The van der Waals surface area contributed by atoms with Crippen LogP contribution in [0.2, 0.25) is 0 Å². The topological polar surface area (TPSA) is 62.9 Å². The summed E-state index contributed by atoms with van der Waals surface area (Å²) < 4.78 is 7.06. The number of anilines is 1. The van der Waals surface area contributed by atoms with Gasteiger partial charge >= 0.3 is 0 Å². The molecule has 19 heavy (non-hydrogen) atoms. The minimum Gasteiger partial charge on any atom is -0.495 e. The summed E-state index contributed by atoms with van der Waals surface area (Å²) in [5, 5.41) is 16.4. The molecule has 1 aromatic carbocycles. The van der Waals surface area contributed by atoms with E-state index in [1.54, 1.807) is 23.9 Å². The molecule has 0 aliphatic carbocycles. The molecule has 0 radical (unpaired) electrons. The van der Waals surface area contributed by atoms with Crippen molar-refractivity contribution in [3.05, 3.63) is 41.7 Å². The zero-order valence-corrected chi connectivity index (χ0v) is 11.2. The first-order valence-corrected chi connectivity index (χ1v) is 5.97. The minimum absolute atomic E-state index is 0.107. The van der Waals surface area contributed by atoms with Crippen LogP contribution in [-0.4, -0.2) is 16.9 Å². The highest BCUT2D eigenvalue weighted by Gasteiger charge is 2.11. The standard InChI is InChI=1S/C14H16N4O/c1-10(12-8-16-18(2)9-12)17-13-5-4-11(7-15)6-14(13)19-3/h4-6,8-10,17H,1-3H3. The molecule has 1 aromatic heterocycles. The average molecular weight is 256 g/mol. The van der Waals surface area contributed by atoms with Crippen molar-refractivity contribution >= 4 is 5.69 Å². The Bertz CT molecular complexity index is 612. The van der Waals surface area contributed by atoms with Crippen LogP contribution in [0.5, 0.6) is 5.75 Å². The molecule has 0 aliphatic heterocycles. The van der Waals surface area contributed by atoms with Crippen LogP contribution in [0.4, 0.5) is 5.69 Å². The summed E-state index contributed by atoms with van der Waals surface area (Å²) in [5.41, 5.74) is 2.53. The number of hydrogen-bond acceptors (Lipinski definition) is 4. The predicted molar refractivity (Wildman–Crippen MR) is 73.0 cm³/mol. The summed E-state index contributed by atoms with van der Waals surface area (Å²) >= 11 is 0.